The van der Waals surface area contributed by atoms with E-state index in [1.807, 2.05) is 32.2 Å². The molecule has 1 aliphatic heterocycles. The minimum Gasteiger partial charge on any atom is -0.354 e. The average Bonchev–Trinajstić information content (AvgIpc) is 2.40. The molecule has 0 bridgehead atoms. The van der Waals surface area contributed by atoms with Crippen LogP contribution in [0.4, 0.5) is 5.82 Å². The molecule has 0 aliphatic carbocycles. The van der Waals surface area contributed by atoms with E-state index in [-0.39, 0.29) is 11.2 Å². The maximum Gasteiger partial charge on any atom is 0.136 e. The number of anilines is 1. The first-order chi connectivity index (χ1) is 8.99. The lowest BCUT2D eigenvalue weighted by atomic mass is 9.88. The van der Waals surface area contributed by atoms with Crippen LogP contribution in [0.3, 0.4) is 0 Å². The summed E-state index contributed by atoms with van der Waals surface area (Å²) < 4.78 is 0. The molecule has 2 rings (SSSR count). The molecule has 0 aromatic carbocycles. The molecule has 0 unspecified atom stereocenters. The van der Waals surface area contributed by atoms with Gasteiger partial charge in [-0.25, -0.2) is 4.98 Å². The maximum absolute atomic E-state index is 11.6. The highest BCUT2D eigenvalue weighted by molar-refractivity contribution is 5.81. The topological polar surface area (TPSA) is 36.4 Å². The number of nitrogens with zero attached hydrogens (tertiary/aromatic N) is 3. The van der Waals surface area contributed by atoms with Gasteiger partial charge < -0.3 is 4.90 Å². The summed E-state index contributed by atoms with van der Waals surface area (Å²) in [5, 5.41) is 0. The van der Waals surface area contributed by atoms with Crippen molar-refractivity contribution in [3.63, 3.8) is 0 Å². The molecule has 0 atom stereocenters. The van der Waals surface area contributed by atoms with E-state index in [4.69, 9.17) is 0 Å². The van der Waals surface area contributed by atoms with Gasteiger partial charge in [-0.2, -0.15) is 0 Å². The third-order valence-electron chi connectivity index (χ3n) is 3.92. The molecule has 0 N–H and O–H groups in total. The Morgan fingerprint density at radius 3 is 2.47 bits per heavy atom. The summed E-state index contributed by atoms with van der Waals surface area (Å²) in [6.45, 7) is 10.5. The van der Waals surface area contributed by atoms with Crippen LogP contribution < -0.4 is 4.90 Å². The lowest BCUT2D eigenvalue weighted by molar-refractivity contribution is -0.125. The van der Waals surface area contributed by atoms with Crippen molar-refractivity contribution in [2.24, 2.45) is 5.41 Å². The van der Waals surface area contributed by atoms with Crippen LogP contribution >= 0.6 is 0 Å². The molecule has 0 spiro atoms. The lowest BCUT2D eigenvalue weighted by Gasteiger charge is -2.38. The fraction of sp³-hybridized carbons (Fsp3) is 0.600. The zero-order chi connectivity index (χ0) is 13.9. The quantitative estimate of drug-likeness (QED) is 0.828. The molecule has 4 nitrogen and oxygen atoms in total. The van der Waals surface area contributed by atoms with Crippen LogP contribution in [0, 0.1) is 5.41 Å². The number of piperazine rings is 1. The molecule has 2 heterocycles. The Bertz CT molecular complexity index is 422. The van der Waals surface area contributed by atoms with Crippen molar-refractivity contribution in [2.75, 3.05) is 37.6 Å². The smallest absolute Gasteiger partial charge is 0.136 e. The zero-order valence-corrected chi connectivity index (χ0v) is 12.1. The van der Waals surface area contributed by atoms with Gasteiger partial charge in [-0.15, -0.1) is 0 Å². The van der Waals surface area contributed by atoms with Crippen molar-refractivity contribution in [3.8, 4) is 0 Å². The van der Waals surface area contributed by atoms with Crippen molar-refractivity contribution in [2.45, 2.75) is 20.8 Å². The second kappa shape index (κ2) is 5.70. The van der Waals surface area contributed by atoms with Crippen molar-refractivity contribution < 1.29 is 4.79 Å². The summed E-state index contributed by atoms with van der Waals surface area (Å²) >= 11 is 0. The van der Waals surface area contributed by atoms with Crippen molar-refractivity contribution >= 4 is 11.6 Å². The zero-order valence-electron chi connectivity index (χ0n) is 12.1. The first-order valence-corrected chi connectivity index (χ1v) is 6.88. The van der Waals surface area contributed by atoms with Crippen molar-refractivity contribution in [3.05, 3.63) is 24.4 Å². The molecule has 1 aromatic rings. The number of carbonyl (C=O) groups is 1. The van der Waals surface area contributed by atoms with Crippen LogP contribution in [0.2, 0.25) is 0 Å². The van der Waals surface area contributed by atoms with E-state index in [1.165, 1.54) is 0 Å². The van der Waals surface area contributed by atoms with E-state index in [1.54, 1.807) is 6.92 Å². The summed E-state index contributed by atoms with van der Waals surface area (Å²) in [6, 6.07) is 6.01. The van der Waals surface area contributed by atoms with Crippen molar-refractivity contribution in [1.29, 1.82) is 0 Å². The van der Waals surface area contributed by atoms with E-state index in [2.05, 4.69) is 20.9 Å². The molecule has 1 aromatic heterocycles. The fourth-order valence-corrected chi connectivity index (χ4v) is 2.35. The molecule has 1 aliphatic rings. The van der Waals surface area contributed by atoms with Gasteiger partial charge in [-0.05, 0) is 19.1 Å². The molecule has 0 amide bonds. The number of rotatable bonds is 4. The number of hydrogen-bond acceptors (Lipinski definition) is 4. The van der Waals surface area contributed by atoms with E-state index in [9.17, 15) is 4.79 Å². The predicted octanol–water partition coefficient (Wildman–Crippen LogP) is 1.82. The highest BCUT2D eigenvalue weighted by Crippen LogP contribution is 2.20. The van der Waals surface area contributed by atoms with Crippen molar-refractivity contribution in [1.82, 2.24) is 9.88 Å². The Morgan fingerprint density at radius 1 is 1.26 bits per heavy atom. The molecule has 0 radical (unpaired) electrons. The Morgan fingerprint density at radius 2 is 1.95 bits per heavy atom. The van der Waals surface area contributed by atoms with E-state index >= 15 is 0 Å². The van der Waals surface area contributed by atoms with Crippen LogP contribution in [0.15, 0.2) is 24.4 Å². The highest BCUT2D eigenvalue weighted by atomic mass is 16.1. The number of pyridine rings is 1. The third kappa shape index (κ3) is 3.53. The molecule has 4 heteroatoms. The summed E-state index contributed by atoms with van der Waals surface area (Å²) in [5.41, 5.74) is -0.243. The van der Waals surface area contributed by atoms with E-state index < -0.39 is 0 Å². The molecule has 19 heavy (non-hydrogen) atoms. The minimum atomic E-state index is -0.243. The highest BCUT2D eigenvalue weighted by Gasteiger charge is 2.28. The summed E-state index contributed by atoms with van der Waals surface area (Å²) in [7, 11) is 0. The largest absolute Gasteiger partial charge is 0.354 e. The Balaban J connectivity index is 1.88. The summed E-state index contributed by atoms with van der Waals surface area (Å²) in [5.74, 6) is 1.31. The summed E-state index contributed by atoms with van der Waals surface area (Å²) in [6.07, 6.45) is 1.83. The van der Waals surface area contributed by atoms with Crippen LogP contribution in [0.1, 0.15) is 20.8 Å². The molecule has 0 saturated carbocycles. The number of Topliss-reactive ketones (excluding diaryl/α,β-unsaturated/α-hetero) is 1. The predicted molar refractivity (Wildman–Crippen MR) is 77.4 cm³/mol. The number of carbonyl (C=O) groups excluding carboxylic acids is 1. The first-order valence-electron chi connectivity index (χ1n) is 6.88. The Hall–Kier alpha value is -1.42. The average molecular weight is 261 g/mol. The van der Waals surface area contributed by atoms with Gasteiger partial charge in [0.15, 0.2) is 0 Å². The van der Waals surface area contributed by atoms with Gasteiger partial charge >= 0.3 is 0 Å². The van der Waals surface area contributed by atoms with Gasteiger partial charge in [-0.3, -0.25) is 9.69 Å². The Kier molecular flexibility index (Phi) is 4.20. The van der Waals surface area contributed by atoms with Crippen LogP contribution in [-0.4, -0.2) is 48.4 Å². The normalized spacial score (nSPS) is 17.5. The van der Waals surface area contributed by atoms with Crippen LogP contribution in [0.25, 0.3) is 0 Å². The lowest BCUT2D eigenvalue weighted by Crippen LogP contribution is -2.50. The molecule has 104 valence electrons. The fourth-order valence-electron chi connectivity index (χ4n) is 2.35. The second-order valence-electron chi connectivity index (χ2n) is 5.89. The summed E-state index contributed by atoms with van der Waals surface area (Å²) in [4.78, 5) is 20.6. The first kappa shape index (κ1) is 14.0. The SMILES string of the molecule is CC(=O)C(C)(C)CN1CCN(c2ccccn2)CC1. The molecule has 1 fully saturated rings. The monoisotopic (exact) mass is 261 g/mol. The second-order valence-corrected chi connectivity index (χ2v) is 5.89. The van der Waals surface area contributed by atoms with E-state index in [0.29, 0.717) is 0 Å². The standard InChI is InChI=1S/C15H23N3O/c1-13(19)15(2,3)12-17-8-10-18(11-9-17)14-6-4-5-7-16-14/h4-7H,8-12H2,1-3H3. The van der Waals surface area contributed by atoms with E-state index in [0.717, 1.165) is 38.5 Å². The number of ketones is 1. The molecule has 1 saturated heterocycles. The van der Waals surface area contributed by atoms with Crippen LogP contribution in [0.5, 0.6) is 0 Å². The third-order valence-corrected chi connectivity index (χ3v) is 3.92. The Labute approximate surface area is 115 Å². The van der Waals surface area contributed by atoms with Gasteiger partial charge in [0.2, 0.25) is 0 Å². The van der Waals surface area contributed by atoms with Gasteiger partial charge in [0, 0.05) is 44.3 Å². The number of hydrogen-bond donors (Lipinski definition) is 0. The molecular weight excluding hydrogens is 238 g/mol. The molecular formula is C15H23N3O. The van der Waals surface area contributed by atoms with Gasteiger partial charge in [-0.1, -0.05) is 19.9 Å². The van der Waals surface area contributed by atoms with Gasteiger partial charge in [0.25, 0.3) is 0 Å². The van der Waals surface area contributed by atoms with Gasteiger partial charge in [0.05, 0.1) is 0 Å². The van der Waals surface area contributed by atoms with Gasteiger partial charge in [0.1, 0.15) is 11.6 Å². The maximum atomic E-state index is 11.6. The number of aromatic nitrogens is 1. The van der Waals surface area contributed by atoms with Crippen LogP contribution in [-0.2, 0) is 4.79 Å². The minimum absolute atomic E-state index is 0.243.